The molecule has 0 fully saturated rings. The number of fused-ring (bicyclic) bond motifs is 1. The minimum Gasteiger partial charge on any atom is -0.506 e. The maximum absolute atomic E-state index is 13.6. The molecule has 194 valence electrons. The molecule has 0 saturated heterocycles. The van der Waals surface area contributed by atoms with Crippen LogP contribution in [0.5, 0.6) is 5.75 Å². The average Bonchev–Trinajstić information content (AvgIpc) is 3.26. The molecular weight excluding hydrogens is 484 g/mol. The standard InChI is InChI=1S/C27H32N2O6.ClH/c1-5-34-24(32)15-27(3,4)29(16-18-10-8-7-9-11-18)17-23(31)19-12-13-22(30)25-20(19)14-21(28-25)26(33)35-6-2;/h7-14,28,30H,5-6,15-17H2,1-4H3;1H. The molecule has 0 atom stereocenters. The van der Waals surface area contributed by atoms with E-state index in [9.17, 15) is 19.5 Å². The van der Waals surface area contributed by atoms with Gasteiger partial charge in [-0.3, -0.25) is 14.5 Å². The van der Waals surface area contributed by atoms with Crippen LogP contribution in [0.25, 0.3) is 10.9 Å². The Morgan fingerprint density at radius 2 is 1.67 bits per heavy atom. The number of aromatic amines is 1. The number of carbonyl (C=O) groups is 3. The summed E-state index contributed by atoms with van der Waals surface area (Å²) in [6.45, 7) is 8.22. The highest BCUT2D eigenvalue weighted by molar-refractivity contribution is 6.11. The molecule has 36 heavy (non-hydrogen) atoms. The summed E-state index contributed by atoms with van der Waals surface area (Å²) in [6, 6.07) is 14.2. The Morgan fingerprint density at radius 1 is 1.00 bits per heavy atom. The van der Waals surface area contributed by atoms with E-state index in [1.165, 1.54) is 12.1 Å². The molecule has 0 saturated carbocycles. The van der Waals surface area contributed by atoms with Gasteiger partial charge >= 0.3 is 11.9 Å². The number of rotatable bonds is 11. The fraction of sp³-hybridized carbons (Fsp3) is 0.370. The highest BCUT2D eigenvalue weighted by Crippen LogP contribution is 2.30. The Labute approximate surface area is 217 Å². The number of ketones is 1. The lowest BCUT2D eigenvalue weighted by molar-refractivity contribution is -0.146. The van der Waals surface area contributed by atoms with Crippen molar-refractivity contribution in [3.8, 4) is 5.75 Å². The van der Waals surface area contributed by atoms with E-state index in [0.29, 0.717) is 23.0 Å². The van der Waals surface area contributed by atoms with E-state index < -0.39 is 11.5 Å². The van der Waals surface area contributed by atoms with Gasteiger partial charge in [0.2, 0.25) is 0 Å². The third-order valence-corrected chi connectivity index (χ3v) is 5.86. The average molecular weight is 517 g/mol. The number of carbonyl (C=O) groups excluding carboxylic acids is 3. The van der Waals surface area contributed by atoms with Crippen molar-refractivity contribution >= 4 is 41.0 Å². The topological polar surface area (TPSA) is 109 Å². The Bertz CT molecular complexity index is 1210. The van der Waals surface area contributed by atoms with Gasteiger partial charge in [-0.2, -0.15) is 0 Å². The molecule has 0 bridgehead atoms. The van der Waals surface area contributed by atoms with E-state index in [2.05, 4.69) is 4.98 Å². The zero-order valence-electron chi connectivity index (χ0n) is 21.0. The molecule has 3 rings (SSSR count). The van der Waals surface area contributed by atoms with Crippen LogP contribution in [-0.4, -0.2) is 58.0 Å². The summed E-state index contributed by atoms with van der Waals surface area (Å²) >= 11 is 0. The number of nitrogens with zero attached hydrogens (tertiary/aromatic N) is 1. The van der Waals surface area contributed by atoms with Gasteiger partial charge in [0.05, 0.1) is 31.7 Å². The van der Waals surface area contributed by atoms with E-state index in [0.717, 1.165) is 5.56 Å². The van der Waals surface area contributed by atoms with Gasteiger partial charge in [-0.15, -0.1) is 12.4 Å². The van der Waals surface area contributed by atoms with Crippen LogP contribution in [0.2, 0.25) is 0 Å². The van der Waals surface area contributed by atoms with Crippen molar-refractivity contribution in [2.45, 2.75) is 46.2 Å². The molecule has 3 aromatic rings. The van der Waals surface area contributed by atoms with Gasteiger partial charge in [-0.05, 0) is 51.5 Å². The zero-order valence-corrected chi connectivity index (χ0v) is 21.8. The summed E-state index contributed by atoms with van der Waals surface area (Å²) in [5.41, 5.74) is 1.12. The van der Waals surface area contributed by atoms with Gasteiger partial charge in [0.25, 0.3) is 0 Å². The Balaban J connectivity index is 0.00000456. The lowest BCUT2D eigenvalue weighted by Gasteiger charge is -2.37. The van der Waals surface area contributed by atoms with Gasteiger partial charge in [0.1, 0.15) is 11.4 Å². The number of hydrogen-bond acceptors (Lipinski definition) is 7. The predicted octanol–water partition coefficient (Wildman–Crippen LogP) is 4.89. The van der Waals surface area contributed by atoms with Crippen molar-refractivity contribution in [3.05, 3.63) is 65.4 Å². The molecule has 0 radical (unpaired) electrons. The molecule has 0 spiro atoms. The molecule has 0 aliphatic rings. The maximum atomic E-state index is 13.6. The van der Waals surface area contributed by atoms with Crippen molar-refractivity contribution < 1.29 is 29.0 Å². The summed E-state index contributed by atoms with van der Waals surface area (Å²) in [5.74, 6) is -1.18. The highest BCUT2D eigenvalue weighted by Gasteiger charge is 2.32. The Hall–Kier alpha value is -3.36. The van der Waals surface area contributed by atoms with Crippen LogP contribution in [0.15, 0.2) is 48.5 Å². The third kappa shape index (κ3) is 6.86. The first kappa shape index (κ1) is 28.9. The van der Waals surface area contributed by atoms with Crippen LogP contribution in [0.3, 0.4) is 0 Å². The fourth-order valence-corrected chi connectivity index (χ4v) is 3.99. The van der Waals surface area contributed by atoms with Crippen molar-refractivity contribution in [2.75, 3.05) is 19.8 Å². The van der Waals surface area contributed by atoms with Crippen LogP contribution < -0.4 is 0 Å². The van der Waals surface area contributed by atoms with Crippen molar-refractivity contribution in [3.63, 3.8) is 0 Å². The van der Waals surface area contributed by atoms with Crippen LogP contribution in [0.4, 0.5) is 0 Å². The molecule has 0 unspecified atom stereocenters. The van der Waals surface area contributed by atoms with Gasteiger partial charge in [0.15, 0.2) is 5.78 Å². The Kier molecular flexibility index (Phi) is 10.1. The number of esters is 2. The number of hydrogen-bond donors (Lipinski definition) is 2. The molecule has 0 aliphatic heterocycles. The molecule has 0 aliphatic carbocycles. The number of phenolic OH excluding ortho intramolecular Hbond substituents is 1. The Morgan fingerprint density at radius 3 is 2.31 bits per heavy atom. The number of halogens is 1. The van der Waals surface area contributed by atoms with Crippen LogP contribution in [0.1, 0.15) is 60.5 Å². The second-order valence-corrected chi connectivity index (χ2v) is 8.88. The summed E-state index contributed by atoms with van der Waals surface area (Å²) < 4.78 is 10.2. The summed E-state index contributed by atoms with van der Waals surface area (Å²) in [6.07, 6.45) is 0.114. The molecule has 2 N–H and O–H groups in total. The first-order valence-corrected chi connectivity index (χ1v) is 11.7. The number of H-pyrrole nitrogens is 1. The number of benzene rings is 2. The van der Waals surface area contributed by atoms with E-state index >= 15 is 0 Å². The molecular formula is C27H33ClN2O6. The summed E-state index contributed by atoms with van der Waals surface area (Å²) in [7, 11) is 0. The first-order valence-electron chi connectivity index (χ1n) is 11.7. The van der Waals surface area contributed by atoms with Gasteiger partial charge in [-0.1, -0.05) is 30.3 Å². The fourth-order valence-electron chi connectivity index (χ4n) is 3.99. The van der Waals surface area contributed by atoms with Crippen LogP contribution >= 0.6 is 12.4 Å². The van der Waals surface area contributed by atoms with Gasteiger partial charge in [-0.25, -0.2) is 4.79 Å². The number of Topliss-reactive ketones (excluding diaryl/α,β-unsaturated/α-hetero) is 1. The van der Waals surface area contributed by atoms with E-state index in [-0.39, 0.29) is 61.8 Å². The molecule has 0 amide bonds. The number of aromatic hydroxyl groups is 1. The SMILES string of the molecule is CCOC(=O)CC(C)(C)N(CC(=O)c1ccc(O)c2[nH]c(C(=O)OCC)cc12)Cc1ccccc1.Cl. The molecule has 8 nitrogen and oxygen atoms in total. The van der Waals surface area contributed by atoms with Crippen LogP contribution in [0, 0.1) is 0 Å². The molecule has 9 heteroatoms. The number of phenols is 1. The van der Waals surface area contributed by atoms with E-state index in [1.807, 2.05) is 49.1 Å². The number of nitrogens with one attached hydrogen (secondary N) is 1. The van der Waals surface area contributed by atoms with Gasteiger partial charge < -0.3 is 19.6 Å². The minimum absolute atomic E-state index is 0. The third-order valence-electron chi connectivity index (χ3n) is 5.86. The quantitative estimate of drug-likeness (QED) is 0.276. The van der Waals surface area contributed by atoms with Crippen molar-refractivity contribution in [2.24, 2.45) is 0 Å². The largest absolute Gasteiger partial charge is 0.506 e. The predicted molar refractivity (Wildman–Crippen MR) is 140 cm³/mol. The van der Waals surface area contributed by atoms with Crippen LogP contribution in [-0.2, 0) is 20.8 Å². The minimum atomic E-state index is -0.679. The second kappa shape index (κ2) is 12.6. The summed E-state index contributed by atoms with van der Waals surface area (Å²) in [4.78, 5) is 42.9. The number of ether oxygens (including phenoxy) is 2. The lowest BCUT2D eigenvalue weighted by atomic mass is 9.95. The summed E-state index contributed by atoms with van der Waals surface area (Å²) in [5, 5.41) is 10.7. The lowest BCUT2D eigenvalue weighted by Crippen LogP contribution is -2.47. The van der Waals surface area contributed by atoms with Crippen molar-refractivity contribution in [1.29, 1.82) is 0 Å². The van der Waals surface area contributed by atoms with Crippen molar-refractivity contribution in [1.82, 2.24) is 9.88 Å². The maximum Gasteiger partial charge on any atom is 0.354 e. The van der Waals surface area contributed by atoms with Gasteiger partial charge in [0, 0.05) is 23.0 Å². The second-order valence-electron chi connectivity index (χ2n) is 8.88. The smallest absolute Gasteiger partial charge is 0.354 e. The zero-order chi connectivity index (χ0) is 25.6. The molecule has 2 aromatic carbocycles. The van der Waals surface area contributed by atoms with E-state index in [4.69, 9.17) is 9.47 Å². The molecule has 1 aromatic heterocycles. The number of aromatic nitrogens is 1. The molecule has 1 heterocycles. The highest BCUT2D eigenvalue weighted by atomic mass is 35.5. The first-order chi connectivity index (χ1) is 16.7. The normalized spacial score (nSPS) is 11.2. The van der Waals surface area contributed by atoms with E-state index in [1.54, 1.807) is 19.9 Å². The monoisotopic (exact) mass is 516 g/mol.